The van der Waals surface area contributed by atoms with Gasteiger partial charge in [0.25, 0.3) is 0 Å². The van der Waals surface area contributed by atoms with Gasteiger partial charge in [-0.2, -0.15) is 11.8 Å². The molecule has 2 aromatic rings. The molecule has 2 N–H and O–H groups in total. The summed E-state index contributed by atoms with van der Waals surface area (Å²) in [6.45, 7) is 3.20. The quantitative estimate of drug-likeness (QED) is 0.809. The third kappa shape index (κ3) is 2.09. The summed E-state index contributed by atoms with van der Waals surface area (Å²) in [4.78, 5) is 4.34. The lowest BCUT2D eigenvalue weighted by atomic mass is 10.3. The topological polar surface area (TPSA) is 43.8 Å². The second kappa shape index (κ2) is 4.14. The van der Waals surface area contributed by atoms with Crippen LogP contribution in [0.3, 0.4) is 0 Å². The molecule has 0 aliphatic carbocycles. The van der Waals surface area contributed by atoms with E-state index in [1.54, 1.807) is 0 Å². The summed E-state index contributed by atoms with van der Waals surface area (Å²) in [5.74, 6) is 0. The van der Waals surface area contributed by atoms with Crippen LogP contribution in [0.25, 0.3) is 11.0 Å². The SMILES string of the molecule is CSC(C)Cn1cnc2cc(N)ccc21. The predicted molar refractivity (Wildman–Crippen MR) is 67.1 cm³/mol. The van der Waals surface area contributed by atoms with Crippen molar-refractivity contribution in [2.24, 2.45) is 0 Å². The van der Waals surface area contributed by atoms with Crippen molar-refractivity contribution >= 4 is 28.5 Å². The molecule has 0 saturated heterocycles. The zero-order valence-electron chi connectivity index (χ0n) is 8.97. The van der Waals surface area contributed by atoms with E-state index >= 15 is 0 Å². The average molecular weight is 221 g/mol. The maximum absolute atomic E-state index is 5.71. The van der Waals surface area contributed by atoms with Crippen LogP contribution in [0.4, 0.5) is 5.69 Å². The fourth-order valence-electron chi connectivity index (χ4n) is 1.58. The van der Waals surface area contributed by atoms with E-state index in [4.69, 9.17) is 5.73 Å². The molecular formula is C11H15N3S. The molecule has 0 spiro atoms. The standard InChI is InChI=1S/C11H15N3S/c1-8(15-2)6-14-7-13-10-5-9(12)3-4-11(10)14/h3-5,7-8H,6,12H2,1-2H3. The van der Waals surface area contributed by atoms with Gasteiger partial charge >= 0.3 is 0 Å². The van der Waals surface area contributed by atoms with E-state index in [-0.39, 0.29) is 0 Å². The van der Waals surface area contributed by atoms with E-state index < -0.39 is 0 Å². The van der Waals surface area contributed by atoms with Crippen LogP contribution < -0.4 is 5.73 Å². The highest BCUT2D eigenvalue weighted by Gasteiger charge is 2.05. The molecule has 80 valence electrons. The van der Waals surface area contributed by atoms with Crippen molar-refractivity contribution in [2.75, 3.05) is 12.0 Å². The van der Waals surface area contributed by atoms with Gasteiger partial charge in [0.2, 0.25) is 0 Å². The van der Waals surface area contributed by atoms with Crippen molar-refractivity contribution in [1.29, 1.82) is 0 Å². The Bertz CT molecular complexity index is 464. The first-order valence-corrected chi connectivity index (χ1v) is 6.22. The van der Waals surface area contributed by atoms with Crippen LogP contribution in [-0.4, -0.2) is 21.1 Å². The van der Waals surface area contributed by atoms with Gasteiger partial charge in [0.15, 0.2) is 0 Å². The lowest BCUT2D eigenvalue weighted by Crippen LogP contribution is -2.07. The van der Waals surface area contributed by atoms with Crippen LogP contribution in [-0.2, 0) is 6.54 Å². The van der Waals surface area contributed by atoms with Crippen molar-refractivity contribution in [2.45, 2.75) is 18.7 Å². The Morgan fingerprint density at radius 2 is 2.33 bits per heavy atom. The molecule has 15 heavy (non-hydrogen) atoms. The highest BCUT2D eigenvalue weighted by molar-refractivity contribution is 7.99. The second-order valence-corrected chi connectivity index (χ2v) is 4.97. The van der Waals surface area contributed by atoms with Gasteiger partial charge in [-0.1, -0.05) is 6.92 Å². The van der Waals surface area contributed by atoms with E-state index in [1.165, 1.54) is 0 Å². The average Bonchev–Trinajstić information content (AvgIpc) is 2.60. The van der Waals surface area contributed by atoms with Crippen LogP contribution in [0.2, 0.25) is 0 Å². The molecule has 1 unspecified atom stereocenters. The molecule has 3 nitrogen and oxygen atoms in total. The Balaban J connectivity index is 2.36. The Hall–Kier alpha value is -1.16. The minimum absolute atomic E-state index is 0.597. The maximum atomic E-state index is 5.71. The number of nitrogens with two attached hydrogens (primary N) is 1. The predicted octanol–water partition coefficient (Wildman–Crippen LogP) is 2.37. The zero-order chi connectivity index (χ0) is 10.8. The molecule has 0 amide bonds. The number of nitrogen functional groups attached to an aromatic ring is 1. The molecule has 0 bridgehead atoms. The van der Waals surface area contributed by atoms with E-state index in [9.17, 15) is 0 Å². The fourth-order valence-corrected chi connectivity index (χ4v) is 1.89. The Kier molecular flexibility index (Phi) is 2.86. The molecule has 1 heterocycles. The summed E-state index contributed by atoms with van der Waals surface area (Å²) in [6.07, 6.45) is 4.01. The number of aromatic nitrogens is 2. The molecule has 1 aromatic heterocycles. The van der Waals surface area contributed by atoms with E-state index in [0.29, 0.717) is 5.25 Å². The number of thioether (sulfide) groups is 1. The summed E-state index contributed by atoms with van der Waals surface area (Å²) < 4.78 is 2.18. The first kappa shape index (κ1) is 10.4. The van der Waals surface area contributed by atoms with Gasteiger partial charge in [0.05, 0.1) is 17.4 Å². The van der Waals surface area contributed by atoms with Crippen LogP contribution in [0.1, 0.15) is 6.92 Å². The number of imidazole rings is 1. The highest BCUT2D eigenvalue weighted by Crippen LogP contribution is 2.18. The van der Waals surface area contributed by atoms with Crippen LogP contribution >= 0.6 is 11.8 Å². The number of benzene rings is 1. The normalized spacial score (nSPS) is 13.2. The third-order valence-corrected chi connectivity index (χ3v) is 3.46. The van der Waals surface area contributed by atoms with Crippen LogP contribution in [0, 0.1) is 0 Å². The Morgan fingerprint density at radius 3 is 3.07 bits per heavy atom. The number of hydrogen-bond acceptors (Lipinski definition) is 3. The Labute approximate surface area is 93.7 Å². The van der Waals surface area contributed by atoms with Gasteiger partial charge in [0, 0.05) is 17.5 Å². The number of fused-ring (bicyclic) bond motifs is 1. The zero-order valence-corrected chi connectivity index (χ0v) is 9.79. The van der Waals surface area contributed by atoms with Gasteiger partial charge in [-0.25, -0.2) is 4.98 Å². The number of anilines is 1. The Morgan fingerprint density at radius 1 is 1.53 bits per heavy atom. The van der Waals surface area contributed by atoms with Crippen molar-refractivity contribution in [3.05, 3.63) is 24.5 Å². The summed E-state index contributed by atoms with van der Waals surface area (Å²) in [5.41, 5.74) is 8.61. The minimum atomic E-state index is 0.597. The van der Waals surface area contributed by atoms with Gasteiger partial charge in [-0.05, 0) is 24.5 Å². The monoisotopic (exact) mass is 221 g/mol. The smallest absolute Gasteiger partial charge is 0.0958 e. The van der Waals surface area contributed by atoms with E-state index in [2.05, 4.69) is 22.7 Å². The van der Waals surface area contributed by atoms with E-state index in [0.717, 1.165) is 23.3 Å². The molecule has 0 radical (unpaired) electrons. The lowest BCUT2D eigenvalue weighted by molar-refractivity contribution is 0.711. The first-order valence-electron chi connectivity index (χ1n) is 4.94. The molecule has 1 atom stereocenters. The molecule has 2 rings (SSSR count). The molecule has 0 fully saturated rings. The largest absolute Gasteiger partial charge is 0.399 e. The van der Waals surface area contributed by atoms with E-state index in [1.807, 2.05) is 36.3 Å². The number of hydrogen-bond donors (Lipinski definition) is 1. The van der Waals surface area contributed by atoms with Gasteiger partial charge < -0.3 is 10.3 Å². The lowest BCUT2D eigenvalue weighted by Gasteiger charge is -2.09. The van der Waals surface area contributed by atoms with Crippen molar-refractivity contribution in [3.63, 3.8) is 0 Å². The third-order valence-electron chi connectivity index (χ3n) is 2.50. The van der Waals surface area contributed by atoms with Gasteiger partial charge in [-0.15, -0.1) is 0 Å². The summed E-state index contributed by atoms with van der Waals surface area (Å²) in [6, 6.07) is 5.87. The molecular weight excluding hydrogens is 206 g/mol. The number of nitrogens with zero attached hydrogens (tertiary/aromatic N) is 2. The van der Waals surface area contributed by atoms with Crippen molar-refractivity contribution in [1.82, 2.24) is 9.55 Å². The summed E-state index contributed by atoms with van der Waals surface area (Å²) >= 11 is 1.86. The van der Waals surface area contributed by atoms with Crippen molar-refractivity contribution in [3.8, 4) is 0 Å². The molecule has 4 heteroatoms. The van der Waals surface area contributed by atoms with Gasteiger partial charge in [-0.3, -0.25) is 0 Å². The number of rotatable bonds is 3. The summed E-state index contributed by atoms with van der Waals surface area (Å²) in [7, 11) is 0. The molecule has 0 saturated carbocycles. The van der Waals surface area contributed by atoms with Gasteiger partial charge in [0.1, 0.15) is 0 Å². The minimum Gasteiger partial charge on any atom is -0.399 e. The molecule has 1 aromatic carbocycles. The van der Waals surface area contributed by atoms with Crippen molar-refractivity contribution < 1.29 is 0 Å². The van der Waals surface area contributed by atoms with Crippen LogP contribution in [0.15, 0.2) is 24.5 Å². The fraction of sp³-hybridized carbons (Fsp3) is 0.364. The molecule has 0 aliphatic heterocycles. The summed E-state index contributed by atoms with van der Waals surface area (Å²) in [5, 5.41) is 0.597. The second-order valence-electron chi connectivity index (χ2n) is 3.69. The van der Waals surface area contributed by atoms with Crippen LogP contribution in [0.5, 0.6) is 0 Å². The maximum Gasteiger partial charge on any atom is 0.0958 e. The first-order chi connectivity index (χ1) is 7.20. The molecule has 0 aliphatic rings. The highest BCUT2D eigenvalue weighted by atomic mass is 32.2.